The topological polar surface area (TPSA) is 55.8 Å². The van der Waals surface area contributed by atoms with Gasteiger partial charge in [-0.05, 0) is 62.7 Å². The average molecular weight is 368 g/mol. The average Bonchev–Trinajstić information content (AvgIpc) is 2.60. The minimum Gasteiger partial charge on any atom is -0.459 e. The largest absolute Gasteiger partial charge is 0.459 e. The van der Waals surface area contributed by atoms with Crippen molar-refractivity contribution < 1.29 is 19.1 Å². The highest BCUT2D eigenvalue weighted by Crippen LogP contribution is 2.59. The van der Waals surface area contributed by atoms with Crippen LogP contribution in [0.2, 0.25) is 0 Å². The number of nitrogens with zero attached hydrogens (tertiary/aromatic N) is 1. The summed E-state index contributed by atoms with van der Waals surface area (Å²) in [6.07, 6.45) is 6.14. The van der Waals surface area contributed by atoms with Crippen LogP contribution in [0.1, 0.15) is 45.4 Å². The van der Waals surface area contributed by atoms with Gasteiger partial charge in [-0.25, -0.2) is 4.79 Å². The van der Waals surface area contributed by atoms with Crippen molar-refractivity contribution in [3.8, 4) is 0 Å². The van der Waals surface area contributed by atoms with Gasteiger partial charge in [0, 0.05) is 24.6 Å². The summed E-state index contributed by atoms with van der Waals surface area (Å²) in [5.74, 6) is 4.48. The molecular formula is C19H29NO4S. The molecule has 5 nitrogen and oxygen atoms in total. The molecule has 0 aromatic carbocycles. The van der Waals surface area contributed by atoms with E-state index in [4.69, 9.17) is 9.47 Å². The van der Waals surface area contributed by atoms with Gasteiger partial charge in [-0.2, -0.15) is 11.8 Å². The zero-order valence-corrected chi connectivity index (χ0v) is 15.9. The maximum atomic E-state index is 12.4. The molecule has 5 aliphatic rings. The summed E-state index contributed by atoms with van der Waals surface area (Å²) in [6, 6.07) is 0. The molecule has 0 spiro atoms. The molecule has 25 heavy (non-hydrogen) atoms. The second-order valence-corrected chi connectivity index (χ2v) is 9.65. The normalized spacial score (nSPS) is 39.3. The van der Waals surface area contributed by atoms with Crippen molar-refractivity contribution in [1.29, 1.82) is 0 Å². The molecule has 0 aromatic heterocycles. The standard InChI is InChI=1S/C19H29NO4S/c1-19(15-9-13-8-14(11-15)12-16(19)10-13)24-17(21)2-5-23-18(22)20-3-6-25-7-4-20/h13-16H,2-12H2,1H3. The Bertz CT molecular complexity index is 504. The van der Waals surface area contributed by atoms with Crippen molar-refractivity contribution >= 4 is 23.8 Å². The first-order valence-electron chi connectivity index (χ1n) is 9.76. The Balaban J connectivity index is 1.24. The smallest absolute Gasteiger partial charge is 0.409 e. The fourth-order valence-corrected chi connectivity index (χ4v) is 6.54. The van der Waals surface area contributed by atoms with Crippen LogP contribution in [0.25, 0.3) is 0 Å². The lowest BCUT2D eigenvalue weighted by Gasteiger charge is -2.59. The second-order valence-electron chi connectivity index (χ2n) is 8.43. The molecule has 0 unspecified atom stereocenters. The van der Waals surface area contributed by atoms with E-state index in [0.29, 0.717) is 11.8 Å². The first-order chi connectivity index (χ1) is 12.0. The van der Waals surface area contributed by atoms with Crippen LogP contribution in [0.3, 0.4) is 0 Å². The maximum Gasteiger partial charge on any atom is 0.409 e. The van der Waals surface area contributed by atoms with Crippen LogP contribution in [0.4, 0.5) is 4.79 Å². The van der Waals surface area contributed by atoms with Crippen molar-refractivity contribution in [2.75, 3.05) is 31.2 Å². The number of thioether (sulfide) groups is 1. The predicted octanol–water partition coefficient (Wildman–Crippen LogP) is 3.32. The third kappa shape index (κ3) is 3.51. The summed E-state index contributed by atoms with van der Waals surface area (Å²) < 4.78 is 11.3. The van der Waals surface area contributed by atoms with Gasteiger partial charge in [0.1, 0.15) is 12.2 Å². The molecule has 1 saturated heterocycles. The van der Waals surface area contributed by atoms with Crippen molar-refractivity contribution in [3.05, 3.63) is 0 Å². The lowest BCUT2D eigenvalue weighted by atomic mass is 9.50. The van der Waals surface area contributed by atoms with Crippen LogP contribution in [0.5, 0.6) is 0 Å². The molecule has 4 bridgehead atoms. The minimum atomic E-state index is -0.297. The molecule has 0 aromatic rings. The van der Waals surface area contributed by atoms with Gasteiger partial charge in [-0.15, -0.1) is 0 Å². The molecule has 140 valence electrons. The molecule has 5 rings (SSSR count). The quantitative estimate of drug-likeness (QED) is 0.714. The van der Waals surface area contributed by atoms with Crippen LogP contribution in [-0.4, -0.2) is 53.8 Å². The van der Waals surface area contributed by atoms with E-state index in [-0.39, 0.29) is 30.7 Å². The van der Waals surface area contributed by atoms with E-state index in [1.54, 1.807) is 4.90 Å². The molecule has 6 heteroatoms. The molecule has 1 aliphatic heterocycles. The maximum absolute atomic E-state index is 12.4. The molecule has 1 heterocycles. The zero-order chi connectivity index (χ0) is 17.4. The molecule has 4 saturated carbocycles. The highest BCUT2D eigenvalue weighted by atomic mass is 32.2. The van der Waals surface area contributed by atoms with E-state index in [1.165, 1.54) is 32.1 Å². The molecule has 4 aliphatic carbocycles. The lowest BCUT2D eigenvalue weighted by Crippen LogP contribution is -2.58. The molecular weight excluding hydrogens is 338 g/mol. The Labute approximate surface area is 154 Å². The monoisotopic (exact) mass is 367 g/mol. The van der Waals surface area contributed by atoms with E-state index >= 15 is 0 Å². The van der Waals surface area contributed by atoms with Gasteiger partial charge in [0.2, 0.25) is 0 Å². The molecule has 5 fully saturated rings. The summed E-state index contributed by atoms with van der Waals surface area (Å²) in [4.78, 5) is 26.1. The summed E-state index contributed by atoms with van der Waals surface area (Å²) in [7, 11) is 0. The third-order valence-electron chi connectivity index (χ3n) is 6.89. The molecule has 0 N–H and O–H groups in total. The summed E-state index contributed by atoms with van der Waals surface area (Å²) in [5, 5.41) is 0. The number of amides is 1. The van der Waals surface area contributed by atoms with Crippen LogP contribution < -0.4 is 0 Å². The number of rotatable bonds is 4. The van der Waals surface area contributed by atoms with E-state index in [0.717, 1.165) is 36.4 Å². The number of hydrogen-bond acceptors (Lipinski definition) is 5. The van der Waals surface area contributed by atoms with E-state index in [2.05, 4.69) is 6.92 Å². The Morgan fingerprint density at radius 1 is 1.04 bits per heavy atom. The molecule has 0 atom stereocenters. The molecule has 1 amide bonds. The summed E-state index contributed by atoms with van der Waals surface area (Å²) >= 11 is 1.85. The first kappa shape index (κ1) is 17.5. The zero-order valence-electron chi connectivity index (χ0n) is 15.1. The Kier molecular flexibility index (Phi) is 4.91. The summed E-state index contributed by atoms with van der Waals surface area (Å²) in [6.45, 7) is 3.74. The van der Waals surface area contributed by atoms with Gasteiger partial charge < -0.3 is 14.4 Å². The van der Waals surface area contributed by atoms with Crippen LogP contribution in [0, 0.1) is 23.7 Å². The van der Waals surface area contributed by atoms with Gasteiger partial charge in [-0.1, -0.05) is 0 Å². The highest BCUT2D eigenvalue weighted by Gasteiger charge is 2.56. The first-order valence-corrected chi connectivity index (χ1v) is 10.9. The van der Waals surface area contributed by atoms with Crippen LogP contribution >= 0.6 is 11.8 Å². The minimum absolute atomic E-state index is 0.123. The van der Waals surface area contributed by atoms with Gasteiger partial charge in [0.05, 0.1) is 6.42 Å². The van der Waals surface area contributed by atoms with Crippen molar-refractivity contribution in [3.63, 3.8) is 0 Å². The number of hydrogen-bond donors (Lipinski definition) is 0. The van der Waals surface area contributed by atoms with E-state index < -0.39 is 0 Å². The van der Waals surface area contributed by atoms with Crippen LogP contribution in [0.15, 0.2) is 0 Å². The highest BCUT2D eigenvalue weighted by molar-refractivity contribution is 7.99. The van der Waals surface area contributed by atoms with Crippen molar-refractivity contribution in [2.24, 2.45) is 23.7 Å². The fraction of sp³-hybridized carbons (Fsp3) is 0.895. The predicted molar refractivity (Wildman–Crippen MR) is 96.4 cm³/mol. The third-order valence-corrected chi connectivity index (χ3v) is 7.84. The van der Waals surface area contributed by atoms with E-state index in [9.17, 15) is 9.59 Å². The number of esters is 1. The summed E-state index contributed by atoms with van der Waals surface area (Å²) in [5.41, 5.74) is -0.293. The van der Waals surface area contributed by atoms with E-state index in [1.807, 2.05) is 11.8 Å². The SMILES string of the molecule is CC1(OC(=O)CCOC(=O)N2CCSCC2)C2CC3CC(C2)CC1C3. The Morgan fingerprint density at radius 2 is 1.64 bits per heavy atom. The van der Waals surface area contributed by atoms with Gasteiger partial charge in [-0.3, -0.25) is 4.79 Å². The Hall–Kier alpha value is -0.910. The number of ether oxygens (including phenoxy) is 2. The lowest BCUT2D eigenvalue weighted by molar-refractivity contribution is -0.203. The van der Waals surface area contributed by atoms with Gasteiger partial charge in [0.25, 0.3) is 0 Å². The number of carbonyl (C=O) groups excluding carboxylic acids is 2. The second kappa shape index (κ2) is 7.01. The van der Waals surface area contributed by atoms with Gasteiger partial charge in [0.15, 0.2) is 0 Å². The van der Waals surface area contributed by atoms with Crippen molar-refractivity contribution in [1.82, 2.24) is 4.90 Å². The van der Waals surface area contributed by atoms with Gasteiger partial charge >= 0.3 is 12.1 Å². The number of carbonyl (C=O) groups is 2. The Morgan fingerprint density at radius 3 is 2.24 bits per heavy atom. The van der Waals surface area contributed by atoms with Crippen LogP contribution in [-0.2, 0) is 14.3 Å². The van der Waals surface area contributed by atoms with Crippen molar-refractivity contribution in [2.45, 2.75) is 51.0 Å². The molecule has 0 radical (unpaired) electrons. The fourth-order valence-electron chi connectivity index (χ4n) is 5.64.